The summed E-state index contributed by atoms with van der Waals surface area (Å²) in [7, 11) is 0. The zero-order valence-corrected chi connectivity index (χ0v) is 18.4. The van der Waals surface area contributed by atoms with E-state index in [0.29, 0.717) is 16.3 Å². The van der Waals surface area contributed by atoms with Gasteiger partial charge in [0.1, 0.15) is 5.82 Å². The Balaban J connectivity index is 1.54. The van der Waals surface area contributed by atoms with E-state index >= 15 is 0 Å². The molecule has 0 aliphatic heterocycles. The summed E-state index contributed by atoms with van der Waals surface area (Å²) >= 11 is 5.72. The van der Waals surface area contributed by atoms with Crippen LogP contribution in [0.25, 0.3) is 16.8 Å². The number of fused-ring (bicyclic) bond motifs is 1. The van der Waals surface area contributed by atoms with Gasteiger partial charge in [0.05, 0.1) is 17.0 Å². The third-order valence-corrected chi connectivity index (χ3v) is 5.22. The number of carbonyl (C=O) groups is 2. The number of rotatable bonds is 5. The molecule has 4 rings (SSSR count). The van der Waals surface area contributed by atoms with E-state index in [4.69, 9.17) is 11.6 Å². The van der Waals surface area contributed by atoms with Crippen LogP contribution < -0.4 is 16.4 Å². The molecule has 0 saturated heterocycles. The lowest BCUT2D eigenvalue weighted by molar-refractivity contribution is -0.117. The molecule has 170 valence electrons. The Labute approximate surface area is 198 Å². The average molecular weight is 477 g/mol. The first-order chi connectivity index (χ1) is 16.4. The number of nitrogens with one attached hydrogen (secondary N) is 2. The van der Waals surface area contributed by atoms with Crippen LogP contribution >= 0.6 is 11.6 Å². The molecule has 0 aliphatic rings. The molecule has 1 heterocycles. The molecule has 4 aromatic rings. The first kappa shape index (κ1) is 22.9. The van der Waals surface area contributed by atoms with Crippen molar-refractivity contribution >= 4 is 40.3 Å². The zero-order valence-electron chi connectivity index (χ0n) is 17.7. The van der Waals surface area contributed by atoms with Gasteiger partial charge in [-0.1, -0.05) is 66.2 Å². The van der Waals surface area contributed by atoms with E-state index in [-0.39, 0.29) is 22.8 Å². The Bertz CT molecular complexity index is 1470. The molecule has 0 atom stereocenters. The average Bonchev–Trinajstić information content (AvgIpc) is 2.85. The maximum atomic E-state index is 13.2. The highest BCUT2D eigenvalue weighted by Gasteiger charge is 2.17. The number of hydrogen-bond acceptors (Lipinski definition) is 4. The second-order valence-electron chi connectivity index (χ2n) is 7.29. The fraction of sp³-hybridized carbons (Fsp3) is 0.0400. The molecule has 0 bridgehead atoms. The number of halogens is 2. The van der Waals surface area contributed by atoms with Crippen LogP contribution in [0.3, 0.4) is 0 Å². The van der Waals surface area contributed by atoms with Crippen molar-refractivity contribution in [1.29, 1.82) is 0 Å². The summed E-state index contributed by atoms with van der Waals surface area (Å²) in [5, 5.41) is 4.88. The second kappa shape index (κ2) is 10.1. The second-order valence-corrected chi connectivity index (χ2v) is 7.70. The summed E-state index contributed by atoms with van der Waals surface area (Å²) < 4.78 is 14.5. The molecule has 0 radical (unpaired) electrons. The van der Waals surface area contributed by atoms with Crippen LogP contribution in [-0.2, 0) is 11.3 Å². The standard InChI is InChI=1S/C25H18ClFN4O3/c26-20-14-16(10-12-21(20)27)11-13-22(32)28-29-24(33)23-18-8-4-5-9-19(18)25(34)31(30-23)15-17-6-2-1-3-7-17/h1-14H,15H2,(H,28,32)(H,29,33)/b13-11+. The molecule has 2 amide bonds. The van der Waals surface area contributed by atoms with E-state index in [1.165, 1.54) is 29.0 Å². The van der Waals surface area contributed by atoms with Gasteiger partial charge < -0.3 is 0 Å². The van der Waals surface area contributed by atoms with Gasteiger partial charge >= 0.3 is 0 Å². The van der Waals surface area contributed by atoms with E-state index < -0.39 is 17.6 Å². The molecule has 0 aliphatic carbocycles. The van der Waals surface area contributed by atoms with Gasteiger partial charge in [-0.05, 0) is 35.4 Å². The normalized spacial score (nSPS) is 11.0. The maximum absolute atomic E-state index is 13.2. The summed E-state index contributed by atoms with van der Waals surface area (Å²) in [6, 6.07) is 19.9. The molecule has 3 aromatic carbocycles. The van der Waals surface area contributed by atoms with Crippen molar-refractivity contribution in [2.24, 2.45) is 0 Å². The van der Waals surface area contributed by atoms with Gasteiger partial charge in [0.25, 0.3) is 17.4 Å². The van der Waals surface area contributed by atoms with E-state index in [9.17, 15) is 18.8 Å². The zero-order chi connectivity index (χ0) is 24.1. The van der Waals surface area contributed by atoms with Gasteiger partial charge in [-0.25, -0.2) is 9.07 Å². The minimum Gasteiger partial charge on any atom is -0.268 e. The smallest absolute Gasteiger partial charge is 0.268 e. The summed E-state index contributed by atoms with van der Waals surface area (Å²) in [6.07, 6.45) is 2.58. The quantitative estimate of drug-likeness (QED) is 0.339. The van der Waals surface area contributed by atoms with Gasteiger partial charge in [0, 0.05) is 11.5 Å². The minimum absolute atomic E-state index is 0.0132. The van der Waals surface area contributed by atoms with Gasteiger partial charge in [-0.2, -0.15) is 5.10 Å². The highest BCUT2D eigenvalue weighted by atomic mass is 35.5. The molecule has 0 spiro atoms. The third kappa shape index (κ3) is 5.19. The van der Waals surface area contributed by atoms with E-state index in [1.54, 1.807) is 24.3 Å². The number of hydrazine groups is 1. The Hall–Kier alpha value is -4.30. The Morgan fingerprint density at radius 2 is 1.68 bits per heavy atom. The molecule has 9 heteroatoms. The topological polar surface area (TPSA) is 93.1 Å². The van der Waals surface area contributed by atoms with Gasteiger partial charge in [-0.15, -0.1) is 0 Å². The monoisotopic (exact) mass is 476 g/mol. The molecule has 1 aromatic heterocycles. The number of carbonyl (C=O) groups excluding carboxylic acids is 2. The molecule has 0 saturated carbocycles. The van der Waals surface area contributed by atoms with Crippen molar-refractivity contribution in [2.75, 3.05) is 0 Å². The van der Waals surface area contributed by atoms with Crippen LogP contribution in [0, 0.1) is 5.82 Å². The highest BCUT2D eigenvalue weighted by Crippen LogP contribution is 2.17. The molecule has 34 heavy (non-hydrogen) atoms. The predicted molar refractivity (Wildman–Crippen MR) is 128 cm³/mol. The van der Waals surface area contributed by atoms with Crippen molar-refractivity contribution in [2.45, 2.75) is 6.54 Å². The van der Waals surface area contributed by atoms with Crippen molar-refractivity contribution < 1.29 is 14.0 Å². The summed E-state index contributed by atoms with van der Waals surface area (Å²) in [4.78, 5) is 37.9. The predicted octanol–water partition coefficient (Wildman–Crippen LogP) is 3.71. The van der Waals surface area contributed by atoms with Gasteiger partial charge in [-0.3, -0.25) is 25.2 Å². The van der Waals surface area contributed by atoms with Crippen molar-refractivity contribution in [3.05, 3.63) is 117 Å². The SMILES string of the molecule is O=C(/C=C/c1ccc(F)c(Cl)c1)NNC(=O)c1nn(Cc2ccccc2)c(=O)c2ccccc12. The number of aromatic nitrogens is 2. The van der Waals surface area contributed by atoms with Crippen LogP contribution in [0.4, 0.5) is 4.39 Å². The Kier molecular flexibility index (Phi) is 6.79. The fourth-order valence-electron chi connectivity index (χ4n) is 3.27. The lowest BCUT2D eigenvalue weighted by atomic mass is 10.1. The summed E-state index contributed by atoms with van der Waals surface area (Å²) in [5.74, 6) is -1.89. The number of amides is 2. The van der Waals surface area contributed by atoms with Crippen LogP contribution in [0.1, 0.15) is 21.6 Å². The van der Waals surface area contributed by atoms with Crippen LogP contribution in [0.2, 0.25) is 5.02 Å². The number of benzene rings is 3. The Morgan fingerprint density at radius 1 is 0.971 bits per heavy atom. The molecule has 0 fully saturated rings. The van der Waals surface area contributed by atoms with Crippen LogP contribution in [0.5, 0.6) is 0 Å². The number of hydrogen-bond donors (Lipinski definition) is 2. The van der Waals surface area contributed by atoms with Gasteiger partial charge in [0.15, 0.2) is 5.69 Å². The largest absolute Gasteiger partial charge is 0.290 e. The highest BCUT2D eigenvalue weighted by molar-refractivity contribution is 6.30. The first-order valence-corrected chi connectivity index (χ1v) is 10.6. The molecular weight excluding hydrogens is 459 g/mol. The molecule has 7 nitrogen and oxygen atoms in total. The van der Waals surface area contributed by atoms with E-state index in [1.807, 2.05) is 30.3 Å². The summed E-state index contributed by atoms with van der Waals surface area (Å²) in [5.41, 5.74) is 5.58. The van der Waals surface area contributed by atoms with Crippen molar-refractivity contribution in [1.82, 2.24) is 20.6 Å². The molecular formula is C25H18ClFN4O3. The Morgan fingerprint density at radius 3 is 2.41 bits per heavy atom. The van der Waals surface area contributed by atoms with Crippen LogP contribution in [0.15, 0.2) is 83.7 Å². The van der Waals surface area contributed by atoms with Crippen molar-refractivity contribution in [3.8, 4) is 0 Å². The lowest BCUT2D eigenvalue weighted by Gasteiger charge is -2.11. The lowest BCUT2D eigenvalue weighted by Crippen LogP contribution is -2.42. The van der Waals surface area contributed by atoms with E-state index in [2.05, 4.69) is 16.0 Å². The third-order valence-electron chi connectivity index (χ3n) is 4.93. The summed E-state index contributed by atoms with van der Waals surface area (Å²) in [6.45, 7) is 0.181. The van der Waals surface area contributed by atoms with Crippen LogP contribution in [-0.4, -0.2) is 21.6 Å². The van der Waals surface area contributed by atoms with E-state index in [0.717, 1.165) is 11.6 Å². The maximum Gasteiger partial charge on any atom is 0.290 e. The molecule has 2 N–H and O–H groups in total. The fourth-order valence-corrected chi connectivity index (χ4v) is 3.46. The minimum atomic E-state index is -0.690. The number of nitrogens with zero attached hydrogens (tertiary/aromatic N) is 2. The first-order valence-electron chi connectivity index (χ1n) is 10.2. The van der Waals surface area contributed by atoms with Crippen molar-refractivity contribution in [3.63, 3.8) is 0 Å². The van der Waals surface area contributed by atoms with Gasteiger partial charge in [0.2, 0.25) is 0 Å². The molecule has 0 unspecified atom stereocenters.